The van der Waals surface area contributed by atoms with Gasteiger partial charge in [0.2, 0.25) is 0 Å². The van der Waals surface area contributed by atoms with E-state index in [4.69, 9.17) is 21.2 Å². The Kier molecular flexibility index (Phi) is 14.8. The number of fused-ring (bicyclic) bond motifs is 1. The molecule has 0 atom stereocenters. The summed E-state index contributed by atoms with van der Waals surface area (Å²) >= 11 is 7.55. The minimum Gasteiger partial charge on any atom is -0.455 e. The summed E-state index contributed by atoms with van der Waals surface area (Å²) in [7, 11) is 1.66. The first-order valence-electron chi connectivity index (χ1n) is 21.5. The lowest BCUT2D eigenvalue weighted by atomic mass is 9.72. The Labute approximate surface area is 364 Å². The Balaban J connectivity index is 1.05. The van der Waals surface area contributed by atoms with Crippen LogP contribution in [-0.2, 0) is 4.84 Å². The summed E-state index contributed by atoms with van der Waals surface area (Å²) in [5, 5.41) is 5.35. The van der Waals surface area contributed by atoms with E-state index in [9.17, 15) is 4.79 Å². The third-order valence-corrected chi connectivity index (χ3v) is 12.9. The maximum Gasteiger partial charge on any atom is 0.265 e. The molecule has 7 rings (SSSR count). The molecule has 2 aliphatic rings. The van der Waals surface area contributed by atoms with Crippen molar-refractivity contribution in [2.75, 3.05) is 56.6 Å². The van der Waals surface area contributed by atoms with Gasteiger partial charge in [0, 0.05) is 78.6 Å². The van der Waals surface area contributed by atoms with Crippen molar-refractivity contribution in [3.8, 4) is 11.5 Å². The Morgan fingerprint density at radius 1 is 1.00 bits per heavy atom. The van der Waals surface area contributed by atoms with Crippen LogP contribution in [0.2, 0.25) is 5.02 Å². The highest BCUT2D eigenvalue weighted by Crippen LogP contribution is 2.43. The highest BCUT2D eigenvalue weighted by Gasteiger charge is 2.30. The molecule has 1 fully saturated rings. The summed E-state index contributed by atoms with van der Waals surface area (Å²) in [5.74, 6) is 1.43. The number of benzene rings is 3. The average molecular weight is 852 g/mol. The predicted molar refractivity (Wildman–Crippen MR) is 247 cm³/mol. The van der Waals surface area contributed by atoms with Crippen LogP contribution in [0, 0.1) is 11.3 Å². The number of ether oxygens (including phenoxy) is 1. The van der Waals surface area contributed by atoms with Gasteiger partial charge in [0.1, 0.15) is 17.1 Å². The monoisotopic (exact) mass is 850 g/mol. The van der Waals surface area contributed by atoms with Crippen molar-refractivity contribution >= 4 is 63.1 Å². The second-order valence-corrected chi connectivity index (χ2v) is 18.3. The Morgan fingerprint density at radius 2 is 1.78 bits per heavy atom. The number of quaternary nitrogens is 1. The summed E-state index contributed by atoms with van der Waals surface area (Å²) < 4.78 is 9.59. The number of anilines is 2. The lowest BCUT2D eigenvalue weighted by molar-refractivity contribution is -0.829. The molecule has 318 valence electrons. The van der Waals surface area contributed by atoms with E-state index in [0.29, 0.717) is 23.0 Å². The second-order valence-electron chi connectivity index (χ2n) is 17.0. The fraction of sp³-hybridized carbons (Fsp3) is 0.417. The molecule has 1 saturated heterocycles. The molecule has 3 aromatic carbocycles. The lowest BCUT2D eigenvalue weighted by Gasteiger charge is -2.39. The van der Waals surface area contributed by atoms with Crippen LogP contribution in [0.1, 0.15) is 88.6 Å². The third-order valence-electron chi connectivity index (χ3n) is 11.8. The van der Waals surface area contributed by atoms with Gasteiger partial charge in [0.25, 0.3) is 5.91 Å². The molecule has 1 aliphatic heterocycles. The number of pyridine rings is 1. The number of allylic oxidation sites excluding steroid dienone is 1. The molecule has 1 amide bonds. The fourth-order valence-electron chi connectivity index (χ4n) is 8.55. The van der Waals surface area contributed by atoms with Crippen LogP contribution < -0.4 is 25.2 Å². The zero-order chi connectivity index (χ0) is 42.1. The van der Waals surface area contributed by atoms with Crippen molar-refractivity contribution in [3.05, 3.63) is 107 Å². The summed E-state index contributed by atoms with van der Waals surface area (Å²) in [5.41, 5.74) is 10.5. The number of hydrogen-bond donors (Lipinski definition) is 4. The first kappa shape index (κ1) is 43.6. The number of H-pyrrole nitrogens is 1. The average Bonchev–Trinajstić information content (AvgIpc) is 3.72. The van der Waals surface area contributed by atoms with Gasteiger partial charge in [0.05, 0.1) is 24.6 Å². The molecular formula is C48H61ClN7O3S+. The third kappa shape index (κ3) is 11.2. The quantitative estimate of drug-likeness (QED) is 0.0392. The number of hydrogen-bond acceptors (Lipinski definition) is 8. The van der Waals surface area contributed by atoms with Gasteiger partial charge in [-0.05, 0) is 115 Å². The SMILES string of the molecule is CCCC(CCC)CNc1ccc(SNC(=O)c2ccc(N3CCN(CC4=C(c5ccc(Cl)cc5)CC(C)(C)CC4)CC3)cc2Oc2cnc3[nH]ccc3c2)cc1[NH2+]OC. The number of carbonyl (C=O) groups excluding carboxylic acids is 1. The first-order valence-corrected chi connectivity index (χ1v) is 22.7. The maximum atomic E-state index is 14.0. The minimum absolute atomic E-state index is 0.246. The van der Waals surface area contributed by atoms with E-state index >= 15 is 0 Å². The zero-order valence-corrected chi connectivity index (χ0v) is 37.4. The maximum absolute atomic E-state index is 14.0. The van der Waals surface area contributed by atoms with Gasteiger partial charge < -0.3 is 19.9 Å². The van der Waals surface area contributed by atoms with Crippen LogP contribution >= 0.6 is 23.5 Å². The van der Waals surface area contributed by atoms with Gasteiger partial charge >= 0.3 is 0 Å². The van der Waals surface area contributed by atoms with Crippen molar-refractivity contribution in [2.24, 2.45) is 11.3 Å². The number of rotatable bonds is 18. The largest absolute Gasteiger partial charge is 0.455 e. The molecule has 5 aromatic rings. The van der Waals surface area contributed by atoms with Crippen LogP contribution in [0.25, 0.3) is 16.6 Å². The summed E-state index contributed by atoms with van der Waals surface area (Å²) in [6.07, 6.45) is 11.7. The van der Waals surface area contributed by atoms with E-state index in [1.807, 2.05) is 60.8 Å². The van der Waals surface area contributed by atoms with Crippen molar-refractivity contribution in [1.82, 2.24) is 19.6 Å². The number of nitrogens with two attached hydrogens (primary N) is 1. The highest BCUT2D eigenvalue weighted by molar-refractivity contribution is 7.98. The lowest BCUT2D eigenvalue weighted by Crippen LogP contribution is -2.76. The zero-order valence-electron chi connectivity index (χ0n) is 35.8. The number of nitrogens with one attached hydrogen (secondary N) is 3. The van der Waals surface area contributed by atoms with Crippen LogP contribution in [0.4, 0.5) is 17.1 Å². The van der Waals surface area contributed by atoms with E-state index < -0.39 is 0 Å². The molecule has 1 aliphatic carbocycles. The molecule has 10 nitrogen and oxygen atoms in total. The number of aromatic amines is 1. The molecule has 60 heavy (non-hydrogen) atoms. The number of piperazine rings is 1. The topological polar surface area (TPSA) is 111 Å². The van der Waals surface area contributed by atoms with Gasteiger partial charge in [-0.1, -0.05) is 69.8 Å². The normalized spacial score (nSPS) is 15.8. The number of carbonyl (C=O) groups is 1. The Morgan fingerprint density at radius 3 is 2.53 bits per heavy atom. The van der Waals surface area contributed by atoms with Crippen LogP contribution in [0.3, 0.4) is 0 Å². The fourth-order valence-corrected chi connectivity index (χ4v) is 9.32. The molecule has 0 saturated carbocycles. The van der Waals surface area contributed by atoms with Gasteiger partial charge in [-0.15, -0.1) is 0 Å². The standard InChI is InChI=1S/C48H60ClN7O3S/c1-6-8-33(9-7-2)30-51-43-17-15-40(28-44(43)53-58-5)60-54-47(57)41-16-14-38(27-45(41)59-39-26-35-19-21-50-46(35)52-31-39)56-24-22-55(23-25-56)32-36-18-20-48(3,4)29-42(36)34-10-12-37(49)13-11-34/h10-17,19,21,26-28,31,33,51,53H,6-9,18,20,22-25,29-30,32H2,1-5H3,(H,50,52)(H,54,57)/p+1. The van der Waals surface area contributed by atoms with Crippen molar-refractivity contribution in [2.45, 2.75) is 77.5 Å². The van der Waals surface area contributed by atoms with E-state index in [1.165, 1.54) is 55.2 Å². The van der Waals surface area contributed by atoms with Crippen LogP contribution in [0.15, 0.2) is 95.7 Å². The van der Waals surface area contributed by atoms with E-state index in [0.717, 1.165) is 90.1 Å². The summed E-state index contributed by atoms with van der Waals surface area (Å²) in [4.78, 5) is 33.0. The molecule has 0 unspecified atom stereocenters. The number of halogens is 1. The molecule has 0 bridgehead atoms. The number of nitrogens with zero attached hydrogens (tertiary/aromatic N) is 3. The first-order chi connectivity index (χ1) is 29.1. The summed E-state index contributed by atoms with van der Waals surface area (Å²) in [6.45, 7) is 14.8. The van der Waals surface area contributed by atoms with Gasteiger partial charge in [-0.25, -0.2) is 9.82 Å². The molecule has 0 radical (unpaired) electrons. The molecule has 12 heteroatoms. The van der Waals surface area contributed by atoms with Gasteiger partial charge in [0.15, 0.2) is 5.69 Å². The molecule has 5 N–H and O–H groups in total. The predicted octanol–water partition coefficient (Wildman–Crippen LogP) is 10.6. The van der Waals surface area contributed by atoms with Gasteiger partial charge in [-0.3, -0.25) is 14.4 Å². The van der Waals surface area contributed by atoms with Crippen molar-refractivity contribution in [3.63, 3.8) is 0 Å². The van der Waals surface area contributed by atoms with E-state index in [1.54, 1.807) is 24.4 Å². The summed E-state index contributed by atoms with van der Waals surface area (Å²) in [6, 6.07) is 24.3. The van der Waals surface area contributed by atoms with E-state index in [2.05, 4.69) is 75.7 Å². The van der Waals surface area contributed by atoms with Gasteiger partial charge in [-0.2, -0.15) is 5.48 Å². The van der Waals surface area contributed by atoms with Crippen molar-refractivity contribution < 1.29 is 19.8 Å². The number of aromatic nitrogens is 2. The second kappa shape index (κ2) is 20.4. The Hall–Kier alpha value is -4.52. The highest BCUT2D eigenvalue weighted by atomic mass is 35.5. The van der Waals surface area contributed by atoms with Crippen LogP contribution in [0.5, 0.6) is 11.5 Å². The number of amides is 1. The van der Waals surface area contributed by atoms with E-state index in [-0.39, 0.29) is 11.3 Å². The minimum atomic E-state index is -0.246. The molecular weight excluding hydrogens is 790 g/mol. The molecule has 2 aromatic heterocycles. The Bertz CT molecular complexity index is 2240. The van der Waals surface area contributed by atoms with Crippen LogP contribution in [-0.4, -0.2) is 67.2 Å². The molecule has 0 spiro atoms. The smallest absolute Gasteiger partial charge is 0.265 e. The molecule has 3 heterocycles. The van der Waals surface area contributed by atoms with Crippen molar-refractivity contribution in [1.29, 1.82) is 0 Å².